The molecule has 0 N–H and O–H groups in total. The molecule has 0 aliphatic carbocycles. The van der Waals surface area contributed by atoms with Gasteiger partial charge < -0.3 is 9.30 Å². The largest absolute Gasteiger partial charge is 0.461 e. The molecule has 0 unspecified atom stereocenters. The van der Waals surface area contributed by atoms with Gasteiger partial charge in [-0.2, -0.15) is 11.8 Å². The van der Waals surface area contributed by atoms with Gasteiger partial charge in [0.15, 0.2) is 5.69 Å². The Morgan fingerprint density at radius 3 is 2.90 bits per heavy atom. The van der Waals surface area contributed by atoms with Gasteiger partial charge >= 0.3 is 5.97 Å². The van der Waals surface area contributed by atoms with Crippen LogP contribution in [0.4, 0.5) is 0 Å². The first-order valence-electron chi connectivity index (χ1n) is 6.75. The molecule has 2 aromatic rings. The number of carbonyl (C=O) groups is 1. The number of rotatable bonds is 7. The normalized spacial score (nSPS) is 10.8. The molecule has 0 atom stereocenters. The summed E-state index contributed by atoms with van der Waals surface area (Å²) in [6, 6.07) is 0. The van der Waals surface area contributed by atoms with Crippen molar-refractivity contribution in [3.05, 3.63) is 18.2 Å². The van der Waals surface area contributed by atoms with E-state index >= 15 is 0 Å². The molecule has 0 fully saturated rings. The summed E-state index contributed by atoms with van der Waals surface area (Å²) < 4.78 is 8.65. The van der Waals surface area contributed by atoms with Crippen molar-refractivity contribution in [2.24, 2.45) is 7.05 Å². The summed E-state index contributed by atoms with van der Waals surface area (Å²) in [4.78, 5) is 16.1. The number of ether oxygens (including phenoxy) is 1. The lowest BCUT2D eigenvalue weighted by atomic mass is 10.2. The van der Waals surface area contributed by atoms with Crippen LogP contribution in [0, 0.1) is 0 Å². The summed E-state index contributed by atoms with van der Waals surface area (Å²) in [5, 5.41) is 8.10. The first kappa shape index (κ1) is 15.6. The van der Waals surface area contributed by atoms with Crippen molar-refractivity contribution in [3.8, 4) is 11.4 Å². The molecule has 21 heavy (non-hydrogen) atoms. The Morgan fingerprint density at radius 2 is 2.29 bits per heavy atom. The van der Waals surface area contributed by atoms with Crippen LogP contribution in [-0.2, 0) is 18.3 Å². The molecule has 0 radical (unpaired) electrons. The maximum Gasteiger partial charge on any atom is 0.361 e. The van der Waals surface area contributed by atoms with Crippen molar-refractivity contribution in [2.45, 2.75) is 19.9 Å². The maximum absolute atomic E-state index is 12.0. The van der Waals surface area contributed by atoms with Gasteiger partial charge in [0.25, 0.3) is 0 Å². The Labute approximate surface area is 127 Å². The molecule has 0 amide bonds. The summed E-state index contributed by atoms with van der Waals surface area (Å²) in [5.41, 5.74) is 1.70. The molecule has 2 heterocycles. The first-order valence-corrected chi connectivity index (χ1v) is 8.14. The van der Waals surface area contributed by atoms with Gasteiger partial charge in [-0.3, -0.25) is 0 Å². The van der Waals surface area contributed by atoms with E-state index < -0.39 is 5.97 Å². The van der Waals surface area contributed by atoms with Gasteiger partial charge in [-0.1, -0.05) is 5.21 Å². The Morgan fingerprint density at radius 1 is 1.48 bits per heavy atom. The highest BCUT2D eigenvalue weighted by molar-refractivity contribution is 7.98. The lowest BCUT2D eigenvalue weighted by molar-refractivity contribution is 0.0520. The second-order valence-corrected chi connectivity index (χ2v) is 5.45. The smallest absolute Gasteiger partial charge is 0.361 e. The number of aryl methyl sites for hydroxylation is 2. The van der Waals surface area contributed by atoms with Gasteiger partial charge in [0.1, 0.15) is 5.69 Å². The molecule has 114 valence electrons. The first-order chi connectivity index (χ1) is 10.2. The van der Waals surface area contributed by atoms with Crippen LogP contribution in [0.2, 0.25) is 0 Å². The van der Waals surface area contributed by atoms with Crippen molar-refractivity contribution >= 4 is 17.7 Å². The molecule has 0 aliphatic rings. The quantitative estimate of drug-likeness (QED) is 0.571. The van der Waals surface area contributed by atoms with Gasteiger partial charge in [-0.25, -0.2) is 14.5 Å². The minimum absolute atomic E-state index is 0.240. The van der Waals surface area contributed by atoms with Crippen LogP contribution < -0.4 is 0 Å². The van der Waals surface area contributed by atoms with Gasteiger partial charge in [0.05, 0.1) is 24.8 Å². The van der Waals surface area contributed by atoms with Crippen LogP contribution in [0.5, 0.6) is 0 Å². The monoisotopic (exact) mass is 309 g/mol. The van der Waals surface area contributed by atoms with E-state index in [1.54, 1.807) is 35.9 Å². The second kappa shape index (κ2) is 7.26. The second-order valence-electron chi connectivity index (χ2n) is 4.47. The molecule has 7 nitrogen and oxygen atoms in total. The predicted molar refractivity (Wildman–Crippen MR) is 81.2 cm³/mol. The van der Waals surface area contributed by atoms with Crippen LogP contribution >= 0.6 is 11.8 Å². The third-order valence-electron chi connectivity index (χ3n) is 2.98. The van der Waals surface area contributed by atoms with Gasteiger partial charge in [0.2, 0.25) is 0 Å². The Bertz CT molecular complexity index is 607. The van der Waals surface area contributed by atoms with Gasteiger partial charge in [-0.05, 0) is 25.4 Å². The summed E-state index contributed by atoms with van der Waals surface area (Å²) in [7, 11) is 1.87. The van der Waals surface area contributed by atoms with Crippen LogP contribution in [-0.4, -0.2) is 49.1 Å². The summed E-state index contributed by atoms with van der Waals surface area (Å²) in [6.45, 7) is 2.78. The fourth-order valence-electron chi connectivity index (χ4n) is 2.00. The van der Waals surface area contributed by atoms with E-state index in [-0.39, 0.29) is 5.69 Å². The van der Waals surface area contributed by atoms with Crippen LogP contribution in [0.1, 0.15) is 23.8 Å². The molecule has 0 aromatic carbocycles. The van der Waals surface area contributed by atoms with Gasteiger partial charge in [-0.15, -0.1) is 5.10 Å². The molecule has 0 saturated heterocycles. The molecule has 2 rings (SSSR count). The number of carbonyl (C=O) groups excluding carboxylic acids is 1. The zero-order chi connectivity index (χ0) is 15.2. The van der Waals surface area contributed by atoms with Gasteiger partial charge in [0, 0.05) is 13.6 Å². The summed E-state index contributed by atoms with van der Waals surface area (Å²) in [5.74, 6) is 0.573. The third kappa shape index (κ3) is 3.44. The van der Waals surface area contributed by atoms with Crippen molar-refractivity contribution < 1.29 is 9.53 Å². The molecule has 0 bridgehead atoms. The van der Waals surface area contributed by atoms with Crippen molar-refractivity contribution in [1.29, 1.82) is 0 Å². The average Bonchev–Trinajstić information content (AvgIpc) is 3.05. The highest BCUT2D eigenvalue weighted by Gasteiger charge is 2.23. The molecular formula is C13H19N5O2S. The Balaban J connectivity index is 2.38. The topological polar surface area (TPSA) is 74.8 Å². The predicted octanol–water partition coefficient (Wildman–Crippen LogP) is 1.61. The number of hydrogen-bond donors (Lipinski definition) is 0. The average molecular weight is 309 g/mol. The zero-order valence-corrected chi connectivity index (χ0v) is 13.3. The van der Waals surface area contributed by atoms with Crippen molar-refractivity contribution in [2.75, 3.05) is 18.6 Å². The highest BCUT2D eigenvalue weighted by Crippen LogP contribution is 2.22. The van der Waals surface area contributed by atoms with Crippen LogP contribution in [0.25, 0.3) is 11.4 Å². The van der Waals surface area contributed by atoms with E-state index in [1.165, 1.54) is 0 Å². The molecule has 2 aromatic heterocycles. The SMILES string of the molecule is CCOC(=O)c1nnn(CCCSC)c1-c1cncn1C. The standard InChI is InChI=1S/C13H19N5O2S/c1-4-20-13(19)11-12(10-8-14-9-17(10)2)18(16-15-11)6-5-7-21-3/h8-9H,4-7H2,1-3H3. The minimum atomic E-state index is -0.454. The number of nitrogens with zero attached hydrogens (tertiary/aromatic N) is 5. The van der Waals surface area contributed by atoms with E-state index in [9.17, 15) is 4.79 Å². The Kier molecular flexibility index (Phi) is 5.38. The zero-order valence-electron chi connectivity index (χ0n) is 12.4. The highest BCUT2D eigenvalue weighted by atomic mass is 32.2. The van der Waals surface area contributed by atoms with Crippen molar-refractivity contribution in [3.63, 3.8) is 0 Å². The lowest BCUT2D eigenvalue weighted by Crippen LogP contribution is -2.10. The number of aromatic nitrogens is 5. The molecule has 0 spiro atoms. The summed E-state index contributed by atoms with van der Waals surface area (Å²) in [6.07, 6.45) is 6.40. The lowest BCUT2D eigenvalue weighted by Gasteiger charge is -2.08. The third-order valence-corrected chi connectivity index (χ3v) is 3.68. The molecule has 8 heteroatoms. The van der Waals surface area contributed by atoms with E-state index in [1.807, 2.05) is 11.6 Å². The summed E-state index contributed by atoms with van der Waals surface area (Å²) >= 11 is 1.78. The minimum Gasteiger partial charge on any atom is -0.461 e. The maximum atomic E-state index is 12.0. The molecule has 0 aliphatic heterocycles. The van der Waals surface area contributed by atoms with Crippen LogP contribution in [0.3, 0.4) is 0 Å². The fourth-order valence-corrected chi connectivity index (χ4v) is 2.42. The molecule has 0 saturated carbocycles. The van der Waals surface area contributed by atoms with E-state index in [2.05, 4.69) is 21.6 Å². The molecular weight excluding hydrogens is 290 g/mol. The van der Waals surface area contributed by atoms with E-state index in [0.717, 1.165) is 17.9 Å². The van der Waals surface area contributed by atoms with E-state index in [4.69, 9.17) is 4.74 Å². The van der Waals surface area contributed by atoms with E-state index in [0.29, 0.717) is 18.8 Å². The number of hydrogen-bond acceptors (Lipinski definition) is 6. The fraction of sp³-hybridized carbons (Fsp3) is 0.538. The number of thioether (sulfide) groups is 1. The Hall–Kier alpha value is -1.83. The number of imidazole rings is 1. The number of esters is 1. The van der Waals surface area contributed by atoms with Crippen LogP contribution in [0.15, 0.2) is 12.5 Å². The van der Waals surface area contributed by atoms with Crippen molar-refractivity contribution in [1.82, 2.24) is 24.5 Å².